The number of nitrogens with two attached hydrogens (primary N) is 1. The van der Waals surface area contributed by atoms with E-state index in [1.807, 2.05) is 25.1 Å². The van der Waals surface area contributed by atoms with Crippen molar-refractivity contribution in [2.24, 2.45) is 0 Å². The smallest absolute Gasteiger partial charge is 0.255 e. The molecule has 2 aromatic carbocycles. The first kappa shape index (κ1) is 14.4. The number of nitrogens with one attached hydrogen (secondary N) is 1. The summed E-state index contributed by atoms with van der Waals surface area (Å²) in [4.78, 5) is 12.2. The van der Waals surface area contributed by atoms with Crippen molar-refractivity contribution in [3.8, 4) is 5.75 Å². The van der Waals surface area contributed by atoms with Crippen LogP contribution < -0.4 is 15.8 Å². The number of methoxy groups -OCH3 is 1. The summed E-state index contributed by atoms with van der Waals surface area (Å²) in [5.41, 5.74) is 8.47. The van der Waals surface area contributed by atoms with Crippen LogP contribution in [0.3, 0.4) is 0 Å². The van der Waals surface area contributed by atoms with Gasteiger partial charge in [0.05, 0.1) is 12.8 Å². The van der Waals surface area contributed by atoms with Gasteiger partial charge in [0, 0.05) is 15.7 Å². The second-order valence-corrected chi connectivity index (χ2v) is 5.25. The highest BCUT2D eigenvalue weighted by Gasteiger charge is 2.11. The molecule has 0 unspecified atom stereocenters. The molecular weight excluding hydrogens is 320 g/mol. The van der Waals surface area contributed by atoms with E-state index in [0.717, 1.165) is 10.0 Å². The third-order valence-electron chi connectivity index (χ3n) is 2.86. The van der Waals surface area contributed by atoms with Gasteiger partial charge in [0.1, 0.15) is 5.75 Å². The Labute approximate surface area is 126 Å². The number of hydrogen-bond acceptors (Lipinski definition) is 3. The minimum Gasteiger partial charge on any atom is -0.495 e. The molecule has 0 aliphatic carbocycles. The molecule has 0 radical (unpaired) electrons. The second kappa shape index (κ2) is 5.96. The number of ether oxygens (including phenoxy) is 1. The number of halogens is 1. The molecular formula is C15H15BrN2O2. The Morgan fingerprint density at radius 2 is 2.00 bits per heavy atom. The van der Waals surface area contributed by atoms with Gasteiger partial charge in [-0.2, -0.15) is 0 Å². The summed E-state index contributed by atoms with van der Waals surface area (Å²) in [5, 5.41) is 2.83. The lowest BCUT2D eigenvalue weighted by Gasteiger charge is -2.11. The summed E-state index contributed by atoms with van der Waals surface area (Å²) in [5.74, 6) is 0.391. The molecule has 104 valence electrons. The van der Waals surface area contributed by atoms with Gasteiger partial charge in [0.25, 0.3) is 5.91 Å². The number of hydrogen-bond donors (Lipinski definition) is 2. The summed E-state index contributed by atoms with van der Waals surface area (Å²) in [6.45, 7) is 1.95. The molecule has 4 nitrogen and oxygen atoms in total. The number of rotatable bonds is 3. The van der Waals surface area contributed by atoms with E-state index in [1.54, 1.807) is 25.3 Å². The fourth-order valence-electron chi connectivity index (χ4n) is 1.80. The lowest BCUT2D eigenvalue weighted by molar-refractivity contribution is 0.102. The number of aryl methyl sites for hydroxylation is 1. The van der Waals surface area contributed by atoms with Crippen molar-refractivity contribution in [3.05, 3.63) is 52.0 Å². The third kappa shape index (κ3) is 3.11. The molecule has 0 aliphatic heterocycles. The average Bonchev–Trinajstić information content (AvgIpc) is 2.42. The number of nitrogen functional groups attached to an aromatic ring is 1. The van der Waals surface area contributed by atoms with Crippen LogP contribution in [-0.4, -0.2) is 13.0 Å². The first-order valence-corrected chi connectivity index (χ1v) is 6.81. The molecule has 0 heterocycles. The predicted octanol–water partition coefficient (Wildman–Crippen LogP) is 3.60. The highest BCUT2D eigenvalue weighted by Crippen LogP contribution is 2.26. The van der Waals surface area contributed by atoms with Crippen molar-refractivity contribution in [1.82, 2.24) is 0 Å². The largest absolute Gasteiger partial charge is 0.495 e. The van der Waals surface area contributed by atoms with Gasteiger partial charge < -0.3 is 15.8 Å². The lowest BCUT2D eigenvalue weighted by atomic mass is 10.1. The summed E-state index contributed by atoms with van der Waals surface area (Å²) >= 11 is 3.30. The second-order valence-electron chi connectivity index (χ2n) is 4.39. The quantitative estimate of drug-likeness (QED) is 0.843. The Bertz CT molecular complexity index is 656. The van der Waals surface area contributed by atoms with E-state index >= 15 is 0 Å². The molecule has 0 aromatic heterocycles. The minimum atomic E-state index is -0.229. The van der Waals surface area contributed by atoms with Gasteiger partial charge in [0.15, 0.2) is 0 Å². The fourth-order valence-corrected chi connectivity index (χ4v) is 2.05. The Hall–Kier alpha value is -2.01. The molecule has 0 fully saturated rings. The lowest BCUT2D eigenvalue weighted by Crippen LogP contribution is -2.13. The molecule has 0 saturated carbocycles. The average molecular weight is 335 g/mol. The van der Waals surface area contributed by atoms with E-state index in [-0.39, 0.29) is 5.91 Å². The maximum Gasteiger partial charge on any atom is 0.255 e. The maximum atomic E-state index is 12.2. The van der Waals surface area contributed by atoms with Crippen LogP contribution in [0.4, 0.5) is 11.4 Å². The zero-order valence-corrected chi connectivity index (χ0v) is 12.8. The van der Waals surface area contributed by atoms with Crippen LogP contribution in [-0.2, 0) is 0 Å². The standard InChI is InChI=1S/C15H15BrN2O2/c1-9-3-6-14(20-2)13(7-9)18-15(19)10-4-5-11(16)12(17)8-10/h3-8H,17H2,1-2H3,(H,18,19). The van der Waals surface area contributed by atoms with Crippen molar-refractivity contribution in [2.45, 2.75) is 6.92 Å². The number of benzene rings is 2. The summed E-state index contributed by atoms with van der Waals surface area (Å²) in [7, 11) is 1.57. The van der Waals surface area contributed by atoms with Crippen molar-refractivity contribution < 1.29 is 9.53 Å². The number of amides is 1. The topological polar surface area (TPSA) is 64.3 Å². The zero-order chi connectivity index (χ0) is 14.7. The Morgan fingerprint density at radius 3 is 2.65 bits per heavy atom. The normalized spacial score (nSPS) is 10.2. The summed E-state index contributed by atoms with van der Waals surface area (Å²) in [6, 6.07) is 10.7. The third-order valence-corrected chi connectivity index (χ3v) is 3.58. The van der Waals surface area contributed by atoms with Gasteiger partial charge in [-0.1, -0.05) is 6.07 Å². The minimum absolute atomic E-state index is 0.229. The molecule has 20 heavy (non-hydrogen) atoms. The molecule has 3 N–H and O–H groups in total. The number of anilines is 2. The van der Waals surface area contributed by atoms with Crippen LogP contribution in [0.1, 0.15) is 15.9 Å². The Kier molecular flexibility index (Phi) is 4.29. The van der Waals surface area contributed by atoms with Crippen LogP contribution in [0.25, 0.3) is 0 Å². The molecule has 5 heteroatoms. The molecule has 1 amide bonds. The Morgan fingerprint density at radius 1 is 1.25 bits per heavy atom. The maximum absolute atomic E-state index is 12.2. The van der Waals surface area contributed by atoms with Gasteiger partial charge >= 0.3 is 0 Å². The van der Waals surface area contributed by atoms with Crippen molar-refractivity contribution in [2.75, 3.05) is 18.2 Å². The highest BCUT2D eigenvalue weighted by atomic mass is 79.9. The Balaban J connectivity index is 2.27. The molecule has 0 atom stereocenters. The van der Waals surface area contributed by atoms with Gasteiger partial charge in [-0.25, -0.2) is 0 Å². The van der Waals surface area contributed by atoms with Crippen LogP contribution in [0, 0.1) is 6.92 Å². The van der Waals surface area contributed by atoms with E-state index in [4.69, 9.17) is 10.5 Å². The zero-order valence-electron chi connectivity index (χ0n) is 11.2. The van der Waals surface area contributed by atoms with Crippen LogP contribution in [0.2, 0.25) is 0 Å². The van der Waals surface area contributed by atoms with Crippen LogP contribution in [0.5, 0.6) is 5.75 Å². The number of carbonyl (C=O) groups excluding carboxylic acids is 1. The van der Waals surface area contributed by atoms with Gasteiger partial charge in [0.2, 0.25) is 0 Å². The van der Waals surface area contributed by atoms with E-state index < -0.39 is 0 Å². The van der Waals surface area contributed by atoms with E-state index in [9.17, 15) is 4.79 Å². The van der Waals surface area contributed by atoms with Crippen molar-refractivity contribution in [1.29, 1.82) is 0 Å². The van der Waals surface area contributed by atoms with Crippen LogP contribution in [0.15, 0.2) is 40.9 Å². The van der Waals surface area contributed by atoms with Crippen LogP contribution >= 0.6 is 15.9 Å². The first-order valence-electron chi connectivity index (χ1n) is 6.02. The summed E-state index contributed by atoms with van der Waals surface area (Å²) in [6.07, 6.45) is 0. The molecule has 0 spiro atoms. The summed E-state index contributed by atoms with van der Waals surface area (Å²) < 4.78 is 6.00. The first-order chi connectivity index (χ1) is 9.51. The molecule has 2 aromatic rings. The molecule has 2 rings (SSSR count). The molecule has 0 saturated heterocycles. The highest BCUT2D eigenvalue weighted by molar-refractivity contribution is 9.10. The molecule has 0 aliphatic rings. The van der Waals surface area contributed by atoms with Crippen molar-refractivity contribution >= 4 is 33.2 Å². The number of carbonyl (C=O) groups is 1. The van der Waals surface area contributed by atoms with Gasteiger partial charge in [-0.15, -0.1) is 0 Å². The van der Waals surface area contributed by atoms with Gasteiger partial charge in [-0.05, 0) is 58.7 Å². The van der Waals surface area contributed by atoms with E-state index in [0.29, 0.717) is 22.7 Å². The predicted molar refractivity (Wildman–Crippen MR) is 84.2 cm³/mol. The van der Waals surface area contributed by atoms with Crippen molar-refractivity contribution in [3.63, 3.8) is 0 Å². The van der Waals surface area contributed by atoms with E-state index in [2.05, 4.69) is 21.2 Å². The SMILES string of the molecule is COc1ccc(C)cc1NC(=O)c1ccc(Br)c(N)c1. The monoisotopic (exact) mass is 334 g/mol. The fraction of sp³-hybridized carbons (Fsp3) is 0.133. The van der Waals surface area contributed by atoms with Gasteiger partial charge in [-0.3, -0.25) is 4.79 Å². The molecule has 0 bridgehead atoms. The van der Waals surface area contributed by atoms with E-state index in [1.165, 1.54) is 0 Å².